The molecule has 0 aliphatic carbocycles. The van der Waals surface area contributed by atoms with E-state index in [1.807, 2.05) is 6.92 Å². The van der Waals surface area contributed by atoms with Crippen molar-refractivity contribution in [1.82, 2.24) is 5.43 Å². The van der Waals surface area contributed by atoms with Gasteiger partial charge in [-0.25, -0.2) is 5.43 Å². The van der Waals surface area contributed by atoms with Crippen LogP contribution >= 0.6 is 11.8 Å². The maximum atomic E-state index is 11.2. The van der Waals surface area contributed by atoms with Crippen molar-refractivity contribution in [2.24, 2.45) is 5.10 Å². The number of rotatable bonds is 1. The van der Waals surface area contributed by atoms with Crippen LogP contribution in [0.5, 0.6) is 0 Å². The van der Waals surface area contributed by atoms with Crippen molar-refractivity contribution in [3.8, 4) is 0 Å². The average Bonchev–Trinajstić information content (AvgIpc) is 2.38. The summed E-state index contributed by atoms with van der Waals surface area (Å²) >= 11 is 1.28. The van der Waals surface area contributed by atoms with Crippen molar-refractivity contribution in [3.63, 3.8) is 0 Å². The first-order valence-electron chi connectivity index (χ1n) is 6.15. The number of carbonyl (C=O) groups excluding carboxylic acids is 1. The van der Waals surface area contributed by atoms with Crippen LogP contribution in [-0.4, -0.2) is 22.7 Å². The normalized spacial score (nSPS) is 22.6. The zero-order chi connectivity index (χ0) is 12.5. The van der Waals surface area contributed by atoms with Crippen LogP contribution in [-0.2, 0) is 6.42 Å². The Balaban J connectivity index is 1.95. The number of carbonyl (C=O) groups is 1. The number of anilines is 1. The fourth-order valence-corrected chi connectivity index (χ4v) is 3.08. The fraction of sp³-hybridized carbons (Fsp3) is 0.385. The van der Waals surface area contributed by atoms with Crippen molar-refractivity contribution in [2.75, 3.05) is 11.9 Å². The second-order valence-electron chi connectivity index (χ2n) is 4.56. The van der Waals surface area contributed by atoms with Gasteiger partial charge in [-0.05, 0) is 31.4 Å². The Bertz CT molecular complexity index is 527. The third-order valence-electron chi connectivity index (χ3n) is 3.28. The number of amides is 1. The van der Waals surface area contributed by atoms with E-state index in [-0.39, 0.29) is 10.5 Å². The Morgan fingerprint density at radius 3 is 3.17 bits per heavy atom. The lowest BCUT2D eigenvalue weighted by molar-refractivity contribution is 0.261. The first-order valence-corrected chi connectivity index (χ1v) is 7.03. The van der Waals surface area contributed by atoms with E-state index in [4.69, 9.17) is 0 Å². The van der Waals surface area contributed by atoms with Gasteiger partial charge in [0, 0.05) is 17.8 Å². The van der Waals surface area contributed by atoms with Gasteiger partial charge >= 0.3 is 0 Å². The highest BCUT2D eigenvalue weighted by atomic mass is 32.2. The zero-order valence-electron chi connectivity index (χ0n) is 10.2. The molecule has 2 aliphatic heterocycles. The summed E-state index contributed by atoms with van der Waals surface area (Å²) in [6.45, 7) is 3.04. The molecule has 0 bridgehead atoms. The summed E-state index contributed by atoms with van der Waals surface area (Å²) in [5, 5.41) is 7.61. The van der Waals surface area contributed by atoms with Gasteiger partial charge in [0.2, 0.25) is 0 Å². The molecule has 0 saturated heterocycles. The molecule has 4 nitrogen and oxygen atoms in total. The average molecular weight is 261 g/mol. The predicted octanol–water partition coefficient (Wildman–Crippen LogP) is 2.59. The van der Waals surface area contributed by atoms with Gasteiger partial charge in [0.15, 0.2) is 0 Å². The van der Waals surface area contributed by atoms with Crippen LogP contribution in [0.25, 0.3) is 0 Å². The highest BCUT2D eigenvalue weighted by Crippen LogP contribution is 2.27. The Morgan fingerprint density at radius 2 is 2.33 bits per heavy atom. The highest BCUT2D eigenvalue weighted by Gasteiger charge is 2.23. The molecular weight excluding hydrogens is 246 g/mol. The van der Waals surface area contributed by atoms with Crippen LogP contribution in [0.3, 0.4) is 0 Å². The van der Waals surface area contributed by atoms with Gasteiger partial charge < -0.3 is 5.32 Å². The van der Waals surface area contributed by atoms with Gasteiger partial charge in [-0.2, -0.15) is 5.10 Å². The molecule has 0 saturated carbocycles. The molecule has 1 amide bonds. The Labute approximate surface area is 110 Å². The summed E-state index contributed by atoms with van der Waals surface area (Å²) < 4.78 is 0. The van der Waals surface area contributed by atoms with E-state index in [1.54, 1.807) is 0 Å². The lowest BCUT2D eigenvalue weighted by Crippen LogP contribution is -2.30. The lowest BCUT2D eigenvalue weighted by atomic mass is 9.98. The second kappa shape index (κ2) is 4.65. The van der Waals surface area contributed by atoms with Crippen LogP contribution in [0.4, 0.5) is 10.5 Å². The zero-order valence-corrected chi connectivity index (χ0v) is 11.0. The molecule has 1 atom stereocenters. The number of thioether (sulfide) groups is 1. The van der Waals surface area contributed by atoms with Crippen LogP contribution in [0.1, 0.15) is 24.5 Å². The van der Waals surface area contributed by atoms with E-state index in [0.29, 0.717) is 0 Å². The Hall–Kier alpha value is -1.49. The molecule has 5 heteroatoms. The number of aryl methyl sites for hydroxylation is 1. The number of hydrogen-bond donors (Lipinski definition) is 2. The molecule has 94 valence electrons. The molecule has 0 spiro atoms. The molecule has 1 aromatic rings. The van der Waals surface area contributed by atoms with Gasteiger partial charge in [0.1, 0.15) is 0 Å². The van der Waals surface area contributed by atoms with Gasteiger partial charge in [-0.1, -0.05) is 23.9 Å². The monoisotopic (exact) mass is 261 g/mol. The van der Waals surface area contributed by atoms with E-state index in [0.717, 1.165) is 24.2 Å². The minimum absolute atomic E-state index is 0.0812. The van der Waals surface area contributed by atoms with Crippen molar-refractivity contribution in [3.05, 3.63) is 29.3 Å². The number of benzene rings is 1. The Kier molecular flexibility index (Phi) is 2.99. The molecule has 2 N–H and O–H groups in total. The van der Waals surface area contributed by atoms with E-state index >= 15 is 0 Å². The first-order chi connectivity index (χ1) is 8.74. The highest BCUT2D eigenvalue weighted by molar-refractivity contribution is 8.14. The molecule has 2 heterocycles. The molecule has 2 aliphatic rings. The molecule has 18 heavy (non-hydrogen) atoms. The van der Waals surface area contributed by atoms with Crippen LogP contribution in [0.15, 0.2) is 23.3 Å². The first kappa shape index (κ1) is 11.6. The summed E-state index contributed by atoms with van der Waals surface area (Å²) in [6, 6.07) is 6.40. The summed E-state index contributed by atoms with van der Waals surface area (Å²) in [7, 11) is 0. The van der Waals surface area contributed by atoms with Crippen molar-refractivity contribution >= 4 is 28.4 Å². The van der Waals surface area contributed by atoms with E-state index in [9.17, 15) is 4.79 Å². The molecular formula is C13H15N3OS. The van der Waals surface area contributed by atoms with Gasteiger partial charge in [0.05, 0.1) is 11.0 Å². The van der Waals surface area contributed by atoms with Crippen LogP contribution in [0, 0.1) is 0 Å². The molecule has 0 aromatic heterocycles. The largest absolute Gasteiger partial charge is 0.385 e. The van der Waals surface area contributed by atoms with Gasteiger partial charge in [0.25, 0.3) is 5.24 Å². The number of fused-ring (bicyclic) bond motifs is 1. The molecule has 3 rings (SSSR count). The minimum atomic E-state index is -0.0812. The lowest BCUT2D eigenvalue weighted by Gasteiger charge is -2.22. The SMILES string of the molecule is CC1SC(=O)NN=C1c1ccc2c(c1)NCCC2. The van der Waals surface area contributed by atoms with Crippen molar-refractivity contribution in [2.45, 2.75) is 25.0 Å². The van der Waals surface area contributed by atoms with Gasteiger partial charge in [-0.15, -0.1) is 0 Å². The van der Waals surface area contributed by atoms with E-state index in [1.165, 1.54) is 29.4 Å². The predicted molar refractivity (Wildman–Crippen MR) is 75.4 cm³/mol. The smallest absolute Gasteiger partial charge is 0.299 e. The maximum absolute atomic E-state index is 11.2. The standard InChI is InChI=1S/C13H15N3OS/c1-8-12(15-16-13(17)18-8)10-5-4-9-3-2-6-14-11(9)7-10/h4-5,7-8,14H,2-3,6H2,1H3,(H,16,17). The second-order valence-corrected chi connectivity index (χ2v) is 5.87. The third kappa shape index (κ3) is 2.10. The molecule has 1 unspecified atom stereocenters. The molecule has 0 fully saturated rings. The van der Waals surface area contributed by atoms with Crippen molar-refractivity contribution < 1.29 is 4.79 Å². The maximum Gasteiger partial charge on any atom is 0.299 e. The summed E-state index contributed by atoms with van der Waals surface area (Å²) in [4.78, 5) is 11.2. The minimum Gasteiger partial charge on any atom is -0.385 e. The topological polar surface area (TPSA) is 53.5 Å². The molecule has 1 aromatic carbocycles. The Morgan fingerprint density at radius 1 is 1.44 bits per heavy atom. The summed E-state index contributed by atoms with van der Waals surface area (Å²) in [6.07, 6.45) is 2.33. The van der Waals surface area contributed by atoms with Crippen molar-refractivity contribution in [1.29, 1.82) is 0 Å². The summed E-state index contributed by atoms with van der Waals surface area (Å²) in [5.41, 5.74) is 7.13. The quantitative estimate of drug-likeness (QED) is 0.817. The summed E-state index contributed by atoms with van der Waals surface area (Å²) in [5.74, 6) is 0. The molecule has 0 radical (unpaired) electrons. The van der Waals surface area contributed by atoms with E-state index < -0.39 is 0 Å². The number of hydrazone groups is 1. The number of hydrogen-bond acceptors (Lipinski definition) is 4. The van der Waals surface area contributed by atoms with Crippen LogP contribution in [0.2, 0.25) is 0 Å². The number of nitrogens with one attached hydrogen (secondary N) is 2. The van der Waals surface area contributed by atoms with Crippen LogP contribution < -0.4 is 10.7 Å². The fourth-order valence-electron chi connectivity index (χ4n) is 2.36. The van der Waals surface area contributed by atoms with E-state index in [2.05, 4.69) is 34.0 Å². The van der Waals surface area contributed by atoms with Gasteiger partial charge in [-0.3, -0.25) is 4.79 Å². The number of nitrogens with zero attached hydrogens (tertiary/aromatic N) is 1. The third-order valence-corrected chi connectivity index (χ3v) is 4.16.